The molecule has 0 unspecified atom stereocenters. The van der Waals surface area contributed by atoms with Crippen LogP contribution in [-0.4, -0.2) is 23.5 Å². The second-order valence-electron chi connectivity index (χ2n) is 3.38. The molecule has 0 aliphatic rings. The van der Waals surface area contributed by atoms with Gasteiger partial charge in [0, 0.05) is 4.92 Å². The quantitative estimate of drug-likeness (QED) is 0.446. The molecule has 1 rings (SSSR count). The van der Waals surface area contributed by atoms with E-state index in [9.17, 15) is 19.3 Å². The number of carbonyl (C=O) groups is 1. The van der Waals surface area contributed by atoms with Crippen LogP contribution in [0.5, 0.6) is 0 Å². The lowest BCUT2D eigenvalue weighted by Gasteiger charge is -2.08. The molecule has 0 amide bonds. The highest BCUT2D eigenvalue weighted by molar-refractivity contribution is 5.74. The standard InChI is InChI=1S/C11H12FNO4/c1-2-17-11(14)10(13(15)16)7-8-3-5-9(12)6-4-8/h3-6,10H,2,7H2,1H3/t10-/m0/s1. The summed E-state index contributed by atoms with van der Waals surface area (Å²) in [5, 5.41) is 10.7. The highest BCUT2D eigenvalue weighted by Crippen LogP contribution is 2.08. The van der Waals surface area contributed by atoms with E-state index in [1.54, 1.807) is 6.92 Å². The van der Waals surface area contributed by atoms with Crippen LogP contribution >= 0.6 is 0 Å². The average Bonchev–Trinajstić information content (AvgIpc) is 2.28. The summed E-state index contributed by atoms with van der Waals surface area (Å²) in [4.78, 5) is 21.3. The number of rotatable bonds is 5. The van der Waals surface area contributed by atoms with Gasteiger partial charge in [0.2, 0.25) is 0 Å². The van der Waals surface area contributed by atoms with Crippen molar-refractivity contribution in [1.82, 2.24) is 0 Å². The molecular formula is C11H12FNO4. The summed E-state index contributed by atoms with van der Waals surface area (Å²) in [5.41, 5.74) is 0.515. The fourth-order valence-electron chi connectivity index (χ4n) is 1.33. The van der Waals surface area contributed by atoms with E-state index in [1.807, 2.05) is 0 Å². The number of nitrogens with zero attached hydrogens (tertiary/aromatic N) is 1. The predicted octanol–water partition coefficient (Wildman–Crippen LogP) is 1.58. The molecule has 1 atom stereocenters. The minimum atomic E-state index is -1.44. The van der Waals surface area contributed by atoms with Crippen molar-refractivity contribution in [1.29, 1.82) is 0 Å². The number of hydrogen-bond donors (Lipinski definition) is 0. The summed E-state index contributed by atoms with van der Waals surface area (Å²) in [6.07, 6.45) is -0.105. The lowest BCUT2D eigenvalue weighted by molar-refractivity contribution is -0.510. The van der Waals surface area contributed by atoms with Gasteiger partial charge in [0.15, 0.2) is 0 Å². The van der Waals surface area contributed by atoms with Gasteiger partial charge in [-0.3, -0.25) is 10.1 Å². The topological polar surface area (TPSA) is 69.4 Å². The molecule has 0 N–H and O–H groups in total. The van der Waals surface area contributed by atoms with Crippen LogP contribution in [0.1, 0.15) is 12.5 Å². The van der Waals surface area contributed by atoms with Gasteiger partial charge in [0.05, 0.1) is 13.0 Å². The molecule has 0 heterocycles. The Morgan fingerprint density at radius 1 is 1.47 bits per heavy atom. The van der Waals surface area contributed by atoms with Crippen molar-refractivity contribution in [3.63, 3.8) is 0 Å². The lowest BCUT2D eigenvalue weighted by atomic mass is 10.1. The summed E-state index contributed by atoms with van der Waals surface area (Å²) < 4.78 is 17.2. The summed E-state index contributed by atoms with van der Waals surface area (Å²) in [7, 11) is 0. The van der Waals surface area contributed by atoms with Crippen LogP contribution in [0.2, 0.25) is 0 Å². The SMILES string of the molecule is CCOC(=O)[C@H](Cc1ccc(F)cc1)[N+](=O)[O-]. The molecule has 92 valence electrons. The van der Waals surface area contributed by atoms with Crippen molar-refractivity contribution in [3.8, 4) is 0 Å². The Kier molecular flexibility index (Phi) is 4.56. The predicted molar refractivity (Wildman–Crippen MR) is 57.5 cm³/mol. The highest BCUT2D eigenvalue weighted by atomic mass is 19.1. The first-order chi connectivity index (χ1) is 8.04. The van der Waals surface area contributed by atoms with Crippen LogP contribution in [-0.2, 0) is 16.0 Å². The van der Waals surface area contributed by atoms with E-state index in [0.29, 0.717) is 5.56 Å². The molecule has 0 saturated carbocycles. The second kappa shape index (κ2) is 5.93. The van der Waals surface area contributed by atoms with Crippen molar-refractivity contribution in [3.05, 3.63) is 45.8 Å². The average molecular weight is 241 g/mol. The Morgan fingerprint density at radius 3 is 2.53 bits per heavy atom. The third-order valence-electron chi connectivity index (χ3n) is 2.16. The second-order valence-corrected chi connectivity index (χ2v) is 3.38. The molecule has 0 aromatic heterocycles. The van der Waals surface area contributed by atoms with Crippen molar-refractivity contribution in [2.75, 3.05) is 6.61 Å². The maximum atomic E-state index is 12.6. The molecule has 6 heteroatoms. The number of hydrogen-bond acceptors (Lipinski definition) is 4. The number of ether oxygens (including phenoxy) is 1. The van der Waals surface area contributed by atoms with E-state index in [0.717, 1.165) is 0 Å². The number of halogens is 1. The minimum absolute atomic E-state index is 0.0899. The normalized spacial score (nSPS) is 11.9. The molecule has 0 bridgehead atoms. The molecule has 0 fully saturated rings. The lowest BCUT2D eigenvalue weighted by Crippen LogP contribution is -2.33. The number of carbonyl (C=O) groups excluding carboxylic acids is 1. The van der Waals surface area contributed by atoms with Crippen molar-refractivity contribution in [2.45, 2.75) is 19.4 Å². The molecule has 17 heavy (non-hydrogen) atoms. The van der Waals surface area contributed by atoms with Crippen LogP contribution in [0.4, 0.5) is 4.39 Å². The van der Waals surface area contributed by atoms with Gasteiger partial charge >= 0.3 is 12.0 Å². The molecular weight excluding hydrogens is 229 g/mol. The molecule has 0 radical (unpaired) electrons. The van der Waals surface area contributed by atoms with Gasteiger partial charge in [0.1, 0.15) is 5.82 Å². The summed E-state index contributed by atoms with van der Waals surface area (Å²) >= 11 is 0. The Bertz CT molecular complexity index is 404. The molecule has 0 aliphatic heterocycles. The van der Waals surface area contributed by atoms with Crippen LogP contribution < -0.4 is 0 Å². The van der Waals surface area contributed by atoms with Gasteiger partial charge in [-0.25, -0.2) is 9.18 Å². The Labute approximate surface area is 97.3 Å². The van der Waals surface area contributed by atoms with E-state index in [4.69, 9.17) is 0 Å². The van der Waals surface area contributed by atoms with Gasteiger partial charge < -0.3 is 4.74 Å². The van der Waals surface area contributed by atoms with E-state index in [2.05, 4.69) is 4.74 Å². The number of esters is 1. The Hall–Kier alpha value is -1.98. The van der Waals surface area contributed by atoms with E-state index in [1.165, 1.54) is 24.3 Å². The van der Waals surface area contributed by atoms with E-state index >= 15 is 0 Å². The highest BCUT2D eigenvalue weighted by Gasteiger charge is 2.31. The van der Waals surface area contributed by atoms with Crippen molar-refractivity contribution in [2.24, 2.45) is 0 Å². The maximum Gasteiger partial charge on any atom is 0.382 e. The van der Waals surface area contributed by atoms with Crippen LogP contribution in [0.25, 0.3) is 0 Å². The summed E-state index contributed by atoms with van der Waals surface area (Å²) in [6, 6.07) is 3.76. The summed E-state index contributed by atoms with van der Waals surface area (Å²) in [5.74, 6) is -1.30. The van der Waals surface area contributed by atoms with E-state index < -0.39 is 22.8 Å². The first-order valence-corrected chi connectivity index (χ1v) is 5.09. The molecule has 0 saturated heterocycles. The van der Waals surface area contributed by atoms with Gasteiger partial charge in [-0.1, -0.05) is 12.1 Å². The number of benzene rings is 1. The van der Waals surface area contributed by atoms with Gasteiger partial charge in [-0.15, -0.1) is 0 Å². The molecule has 0 aliphatic carbocycles. The van der Waals surface area contributed by atoms with Crippen molar-refractivity contribution >= 4 is 5.97 Å². The van der Waals surface area contributed by atoms with Crippen LogP contribution in [0, 0.1) is 15.9 Å². The third-order valence-corrected chi connectivity index (χ3v) is 2.16. The maximum absolute atomic E-state index is 12.6. The largest absolute Gasteiger partial charge is 0.461 e. The van der Waals surface area contributed by atoms with Gasteiger partial charge in [0.25, 0.3) is 0 Å². The molecule has 5 nitrogen and oxygen atoms in total. The van der Waals surface area contributed by atoms with Crippen molar-refractivity contribution < 1.29 is 18.8 Å². The molecule has 1 aromatic carbocycles. The number of nitro groups is 1. The zero-order valence-electron chi connectivity index (χ0n) is 9.26. The van der Waals surface area contributed by atoms with E-state index in [-0.39, 0.29) is 13.0 Å². The Morgan fingerprint density at radius 2 is 2.06 bits per heavy atom. The third kappa shape index (κ3) is 3.82. The summed E-state index contributed by atoms with van der Waals surface area (Å²) in [6.45, 7) is 1.67. The first-order valence-electron chi connectivity index (χ1n) is 5.09. The molecule has 1 aromatic rings. The zero-order chi connectivity index (χ0) is 12.8. The monoisotopic (exact) mass is 241 g/mol. The van der Waals surface area contributed by atoms with Crippen LogP contribution in [0.15, 0.2) is 24.3 Å². The minimum Gasteiger partial charge on any atom is -0.461 e. The Balaban J connectivity index is 2.76. The fraction of sp³-hybridized carbons (Fsp3) is 0.364. The first kappa shape index (κ1) is 13.1. The smallest absolute Gasteiger partial charge is 0.382 e. The molecule has 0 spiro atoms. The zero-order valence-corrected chi connectivity index (χ0v) is 9.26. The van der Waals surface area contributed by atoms with Gasteiger partial charge in [-0.05, 0) is 24.6 Å². The van der Waals surface area contributed by atoms with Crippen LogP contribution in [0.3, 0.4) is 0 Å². The van der Waals surface area contributed by atoms with Gasteiger partial charge in [-0.2, -0.15) is 0 Å². The fourth-order valence-corrected chi connectivity index (χ4v) is 1.33.